The minimum atomic E-state index is 0.0125. The molecule has 0 spiro atoms. The number of hydrogen-bond acceptors (Lipinski definition) is 1. The van der Waals surface area contributed by atoms with Crippen LogP contribution in [-0.4, -0.2) is 17.4 Å². The van der Waals surface area contributed by atoms with Crippen LogP contribution in [0, 0.1) is 0 Å². The van der Waals surface area contributed by atoms with Crippen LogP contribution in [-0.2, 0) is 0 Å². The van der Waals surface area contributed by atoms with Crippen molar-refractivity contribution in [3.05, 3.63) is 36.0 Å². The Kier molecular flexibility index (Phi) is 3.81. The van der Waals surface area contributed by atoms with E-state index in [1.165, 1.54) is 6.42 Å². The first-order valence-corrected chi connectivity index (χ1v) is 6.17. The number of unbranched alkanes of at least 4 members (excludes halogenated alkanes) is 2. The Hall–Kier alpha value is -1.77. The van der Waals surface area contributed by atoms with Crippen molar-refractivity contribution in [2.45, 2.75) is 26.2 Å². The van der Waals surface area contributed by atoms with Gasteiger partial charge in [-0.15, -0.1) is 0 Å². The molecule has 3 nitrogen and oxygen atoms in total. The van der Waals surface area contributed by atoms with Crippen LogP contribution in [0.5, 0.6) is 0 Å². The third-order valence-corrected chi connectivity index (χ3v) is 2.90. The Morgan fingerprint density at radius 1 is 1.29 bits per heavy atom. The van der Waals surface area contributed by atoms with E-state index in [0.717, 1.165) is 35.9 Å². The van der Waals surface area contributed by atoms with E-state index in [4.69, 9.17) is 0 Å². The lowest BCUT2D eigenvalue weighted by atomic mass is 10.1. The fourth-order valence-electron chi connectivity index (χ4n) is 1.93. The highest BCUT2D eigenvalue weighted by molar-refractivity contribution is 6.06. The monoisotopic (exact) mass is 230 g/mol. The summed E-state index contributed by atoms with van der Waals surface area (Å²) < 4.78 is 0. The van der Waals surface area contributed by atoms with E-state index >= 15 is 0 Å². The van der Waals surface area contributed by atoms with Crippen molar-refractivity contribution in [3.63, 3.8) is 0 Å². The molecule has 0 aliphatic rings. The standard InChI is InChI=1S/C14H18N2O/c1-2-3-6-9-15-14(17)12-10-16-13-8-5-4-7-11(12)13/h4-5,7-8,10,16H,2-3,6,9H2,1H3,(H,15,17). The lowest BCUT2D eigenvalue weighted by Gasteiger charge is -2.03. The second-order valence-electron chi connectivity index (χ2n) is 4.21. The average molecular weight is 230 g/mol. The molecule has 0 radical (unpaired) electrons. The molecule has 3 heteroatoms. The Bertz CT molecular complexity index is 502. The second-order valence-corrected chi connectivity index (χ2v) is 4.21. The van der Waals surface area contributed by atoms with Gasteiger partial charge in [0.15, 0.2) is 0 Å². The van der Waals surface area contributed by atoms with Crippen molar-refractivity contribution < 1.29 is 4.79 Å². The van der Waals surface area contributed by atoms with Crippen molar-refractivity contribution in [3.8, 4) is 0 Å². The summed E-state index contributed by atoms with van der Waals surface area (Å²) in [7, 11) is 0. The number of fused-ring (bicyclic) bond motifs is 1. The van der Waals surface area contributed by atoms with Gasteiger partial charge in [0.1, 0.15) is 0 Å². The minimum absolute atomic E-state index is 0.0125. The fourth-order valence-corrected chi connectivity index (χ4v) is 1.93. The van der Waals surface area contributed by atoms with Crippen molar-refractivity contribution in [2.24, 2.45) is 0 Å². The summed E-state index contributed by atoms with van der Waals surface area (Å²) in [5.74, 6) is 0.0125. The van der Waals surface area contributed by atoms with Gasteiger partial charge in [0.25, 0.3) is 5.91 Å². The van der Waals surface area contributed by atoms with E-state index < -0.39 is 0 Å². The highest BCUT2D eigenvalue weighted by atomic mass is 16.1. The third-order valence-electron chi connectivity index (χ3n) is 2.90. The van der Waals surface area contributed by atoms with Crippen LogP contribution >= 0.6 is 0 Å². The zero-order valence-electron chi connectivity index (χ0n) is 10.1. The van der Waals surface area contributed by atoms with Gasteiger partial charge in [-0.2, -0.15) is 0 Å². The van der Waals surface area contributed by atoms with Crippen LogP contribution in [0.4, 0.5) is 0 Å². The first kappa shape index (κ1) is 11.7. The first-order chi connectivity index (χ1) is 8.33. The molecule has 90 valence electrons. The molecule has 0 unspecified atom stereocenters. The number of H-pyrrole nitrogens is 1. The lowest BCUT2D eigenvalue weighted by Crippen LogP contribution is -2.24. The molecule has 2 rings (SSSR count). The zero-order chi connectivity index (χ0) is 12.1. The van der Waals surface area contributed by atoms with Crippen LogP contribution in [0.25, 0.3) is 10.9 Å². The lowest BCUT2D eigenvalue weighted by molar-refractivity contribution is 0.0954. The minimum Gasteiger partial charge on any atom is -0.360 e. The van der Waals surface area contributed by atoms with Crippen LogP contribution < -0.4 is 5.32 Å². The molecule has 17 heavy (non-hydrogen) atoms. The third kappa shape index (κ3) is 2.67. The summed E-state index contributed by atoms with van der Waals surface area (Å²) in [6.07, 6.45) is 5.15. The number of carbonyl (C=O) groups excluding carboxylic acids is 1. The van der Waals surface area contributed by atoms with Crippen molar-refractivity contribution >= 4 is 16.8 Å². The fraction of sp³-hybridized carbons (Fsp3) is 0.357. The van der Waals surface area contributed by atoms with Crippen LogP contribution in [0.3, 0.4) is 0 Å². The van der Waals surface area contributed by atoms with E-state index in [2.05, 4.69) is 17.2 Å². The molecule has 0 saturated heterocycles. The Labute approximate surface area is 101 Å². The van der Waals surface area contributed by atoms with Gasteiger partial charge in [0.2, 0.25) is 0 Å². The van der Waals surface area contributed by atoms with E-state index in [9.17, 15) is 4.79 Å². The SMILES string of the molecule is CCCCCNC(=O)c1c[nH]c2ccccc12. The number of nitrogens with one attached hydrogen (secondary N) is 2. The molecule has 0 atom stereocenters. The van der Waals surface area contributed by atoms with Crippen LogP contribution in [0.15, 0.2) is 30.5 Å². The molecule has 0 bridgehead atoms. The largest absolute Gasteiger partial charge is 0.360 e. The number of para-hydroxylation sites is 1. The predicted octanol–water partition coefficient (Wildman–Crippen LogP) is 3.09. The summed E-state index contributed by atoms with van der Waals surface area (Å²) in [5.41, 5.74) is 1.74. The normalized spacial score (nSPS) is 10.6. The molecule has 1 amide bonds. The van der Waals surface area contributed by atoms with Gasteiger partial charge in [-0.1, -0.05) is 38.0 Å². The average Bonchev–Trinajstić information content (AvgIpc) is 2.78. The highest BCUT2D eigenvalue weighted by Crippen LogP contribution is 2.17. The Balaban J connectivity index is 2.04. The summed E-state index contributed by atoms with van der Waals surface area (Å²) >= 11 is 0. The molecule has 2 aromatic rings. The van der Waals surface area contributed by atoms with E-state index in [0.29, 0.717) is 0 Å². The number of amides is 1. The van der Waals surface area contributed by atoms with Gasteiger partial charge in [0.05, 0.1) is 5.56 Å². The molecular weight excluding hydrogens is 212 g/mol. The van der Waals surface area contributed by atoms with Gasteiger partial charge in [-0.3, -0.25) is 4.79 Å². The molecule has 0 fully saturated rings. The number of aromatic nitrogens is 1. The first-order valence-electron chi connectivity index (χ1n) is 6.17. The molecule has 1 aromatic carbocycles. The number of rotatable bonds is 5. The van der Waals surface area contributed by atoms with Crippen LogP contribution in [0.1, 0.15) is 36.5 Å². The highest BCUT2D eigenvalue weighted by Gasteiger charge is 2.10. The Morgan fingerprint density at radius 2 is 2.12 bits per heavy atom. The topological polar surface area (TPSA) is 44.9 Å². The number of aromatic amines is 1. The van der Waals surface area contributed by atoms with E-state index in [1.807, 2.05) is 24.3 Å². The number of carbonyl (C=O) groups is 1. The maximum absolute atomic E-state index is 12.0. The number of benzene rings is 1. The quantitative estimate of drug-likeness (QED) is 0.762. The maximum atomic E-state index is 12.0. The molecule has 0 aliphatic heterocycles. The van der Waals surface area contributed by atoms with Crippen molar-refractivity contribution in [1.29, 1.82) is 0 Å². The molecule has 1 heterocycles. The molecule has 1 aromatic heterocycles. The summed E-state index contributed by atoms with van der Waals surface area (Å²) in [5, 5.41) is 3.94. The Morgan fingerprint density at radius 3 is 2.94 bits per heavy atom. The molecule has 0 saturated carbocycles. The van der Waals surface area contributed by atoms with Gasteiger partial charge in [0, 0.05) is 23.6 Å². The van der Waals surface area contributed by atoms with Gasteiger partial charge in [-0.25, -0.2) is 0 Å². The van der Waals surface area contributed by atoms with E-state index in [1.54, 1.807) is 6.20 Å². The van der Waals surface area contributed by atoms with Gasteiger partial charge >= 0.3 is 0 Å². The van der Waals surface area contributed by atoms with Gasteiger partial charge < -0.3 is 10.3 Å². The molecule has 2 N–H and O–H groups in total. The van der Waals surface area contributed by atoms with Crippen molar-refractivity contribution in [2.75, 3.05) is 6.54 Å². The zero-order valence-corrected chi connectivity index (χ0v) is 10.1. The molecular formula is C14H18N2O. The van der Waals surface area contributed by atoms with E-state index in [-0.39, 0.29) is 5.91 Å². The smallest absolute Gasteiger partial charge is 0.253 e. The van der Waals surface area contributed by atoms with Crippen molar-refractivity contribution in [1.82, 2.24) is 10.3 Å². The summed E-state index contributed by atoms with van der Waals surface area (Å²) in [6, 6.07) is 7.85. The van der Waals surface area contributed by atoms with Crippen LogP contribution in [0.2, 0.25) is 0 Å². The summed E-state index contributed by atoms with van der Waals surface area (Å²) in [6.45, 7) is 2.91. The second kappa shape index (κ2) is 5.53. The summed E-state index contributed by atoms with van der Waals surface area (Å²) in [4.78, 5) is 15.1. The number of hydrogen-bond donors (Lipinski definition) is 2. The molecule has 0 aliphatic carbocycles. The van der Waals surface area contributed by atoms with Gasteiger partial charge in [-0.05, 0) is 12.5 Å². The predicted molar refractivity (Wildman–Crippen MR) is 70.2 cm³/mol. The maximum Gasteiger partial charge on any atom is 0.253 e.